The highest BCUT2D eigenvalue weighted by Gasteiger charge is 2.38. The molecule has 198 valence electrons. The van der Waals surface area contributed by atoms with Crippen LogP contribution in [0.25, 0.3) is 0 Å². The summed E-state index contributed by atoms with van der Waals surface area (Å²) in [7, 11) is 0. The Bertz CT molecular complexity index is 1080. The molecule has 1 aromatic rings. The first-order valence-electron chi connectivity index (χ1n) is 11.2. The van der Waals surface area contributed by atoms with Crippen molar-refractivity contribution < 1.29 is 40.7 Å². The van der Waals surface area contributed by atoms with Gasteiger partial charge in [0.25, 0.3) is 0 Å². The standard InChI is InChI=1S/C24H27F6N3O3/c1-23(2,3)36-22(35)32-16(6-14-7-18(26)19(27)10-17(14)25)9-21(34)20-8-15-12-33(24(28,29)30)5-4-13(15)11-31-20/h4-5,7,10,16,20,31H,6,8-9,11-12H2,1-3H3,(H,32,35)/t16-,20?/m1/s1. The van der Waals surface area contributed by atoms with Crippen LogP contribution in [0.2, 0.25) is 0 Å². The highest BCUT2D eigenvalue weighted by Crippen LogP contribution is 2.30. The molecule has 0 saturated heterocycles. The fourth-order valence-electron chi connectivity index (χ4n) is 4.01. The lowest BCUT2D eigenvalue weighted by Crippen LogP contribution is -2.48. The van der Waals surface area contributed by atoms with Crippen LogP contribution in [-0.2, 0) is 16.0 Å². The van der Waals surface area contributed by atoms with Gasteiger partial charge in [-0.3, -0.25) is 9.69 Å². The van der Waals surface area contributed by atoms with E-state index in [1.165, 1.54) is 6.08 Å². The molecule has 0 radical (unpaired) electrons. The van der Waals surface area contributed by atoms with Gasteiger partial charge in [0, 0.05) is 37.8 Å². The zero-order valence-corrected chi connectivity index (χ0v) is 19.9. The number of hydrogen-bond acceptors (Lipinski definition) is 5. The zero-order valence-electron chi connectivity index (χ0n) is 19.9. The van der Waals surface area contributed by atoms with Gasteiger partial charge in [-0.05, 0) is 62.5 Å². The molecule has 1 amide bonds. The van der Waals surface area contributed by atoms with Crippen LogP contribution < -0.4 is 10.6 Å². The summed E-state index contributed by atoms with van der Waals surface area (Å²) in [6.45, 7) is 4.61. The van der Waals surface area contributed by atoms with Crippen LogP contribution in [0.3, 0.4) is 0 Å². The third-order valence-electron chi connectivity index (χ3n) is 5.70. The lowest BCUT2D eigenvalue weighted by Gasteiger charge is -2.34. The lowest BCUT2D eigenvalue weighted by molar-refractivity contribution is -0.225. The smallest absolute Gasteiger partial charge is 0.444 e. The maximum absolute atomic E-state index is 14.3. The van der Waals surface area contributed by atoms with Crippen molar-refractivity contribution in [2.45, 2.75) is 64.0 Å². The van der Waals surface area contributed by atoms with Crippen LogP contribution in [0.4, 0.5) is 31.1 Å². The van der Waals surface area contributed by atoms with Crippen LogP contribution in [-0.4, -0.2) is 53.9 Å². The minimum absolute atomic E-state index is 0.0176. The number of benzene rings is 1. The average Bonchev–Trinajstić information content (AvgIpc) is 2.74. The van der Waals surface area contributed by atoms with E-state index in [9.17, 15) is 35.9 Å². The second kappa shape index (κ2) is 10.5. The van der Waals surface area contributed by atoms with Crippen LogP contribution in [0.5, 0.6) is 0 Å². The van der Waals surface area contributed by atoms with Gasteiger partial charge in [0.05, 0.1) is 6.04 Å². The Kier molecular flexibility index (Phi) is 8.07. The molecule has 0 bridgehead atoms. The Morgan fingerprint density at radius 2 is 1.81 bits per heavy atom. The van der Waals surface area contributed by atoms with E-state index < -0.39 is 59.9 Å². The number of Topliss-reactive ketones (excluding diaryl/α,β-unsaturated/α-hetero) is 1. The van der Waals surface area contributed by atoms with Crippen molar-refractivity contribution in [1.29, 1.82) is 0 Å². The summed E-state index contributed by atoms with van der Waals surface area (Å²) in [5.74, 6) is -4.17. The Hall–Kier alpha value is -3.02. The van der Waals surface area contributed by atoms with Gasteiger partial charge in [-0.2, -0.15) is 13.2 Å². The number of carbonyl (C=O) groups is 2. The molecule has 0 fully saturated rings. The van der Waals surface area contributed by atoms with E-state index in [1.54, 1.807) is 20.8 Å². The summed E-state index contributed by atoms with van der Waals surface area (Å²) < 4.78 is 85.8. The first kappa shape index (κ1) is 27.6. The number of ether oxygens (including phenoxy) is 1. The molecular weight excluding hydrogens is 492 g/mol. The summed E-state index contributed by atoms with van der Waals surface area (Å²) in [5.41, 5.74) is -0.0249. The molecule has 36 heavy (non-hydrogen) atoms. The van der Waals surface area contributed by atoms with Gasteiger partial charge < -0.3 is 15.4 Å². The molecule has 2 heterocycles. The highest BCUT2D eigenvalue weighted by molar-refractivity contribution is 5.86. The quantitative estimate of drug-likeness (QED) is 0.329. The van der Waals surface area contributed by atoms with Gasteiger partial charge in [0.2, 0.25) is 0 Å². The van der Waals surface area contributed by atoms with E-state index in [4.69, 9.17) is 4.74 Å². The number of hydrogen-bond donors (Lipinski definition) is 2. The Labute approximate surface area is 204 Å². The van der Waals surface area contributed by atoms with E-state index in [2.05, 4.69) is 10.6 Å². The van der Waals surface area contributed by atoms with Crippen LogP contribution in [0, 0.1) is 17.5 Å². The molecule has 0 aliphatic carbocycles. The van der Waals surface area contributed by atoms with E-state index in [-0.39, 0.29) is 36.3 Å². The summed E-state index contributed by atoms with van der Waals surface area (Å²) in [5, 5.41) is 5.44. The number of nitrogens with one attached hydrogen (secondary N) is 2. The number of carbonyl (C=O) groups excluding carboxylic acids is 2. The molecule has 2 aliphatic heterocycles. The monoisotopic (exact) mass is 519 g/mol. The number of amides is 1. The maximum Gasteiger partial charge on any atom is 0.484 e. The summed E-state index contributed by atoms with van der Waals surface area (Å²) in [6, 6.07) is -0.879. The van der Waals surface area contributed by atoms with Gasteiger partial charge in [-0.25, -0.2) is 18.0 Å². The number of alkyl carbamates (subject to hydrolysis) is 1. The van der Waals surface area contributed by atoms with Gasteiger partial charge in [0.1, 0.15) is 11.4 Å². The molecule has 12 heteroatoms. The fourth-order valence-corrected chi connectivity index (χ4v) is 4.01. The van der Waals surface area contributed by atoms with Gasteiger partial charge in [-0.1, -0.05) is 0 Å². The van der Waals surface area contributed by atoms with Crippen LogP contribution in [0.15, 0.2) is 35.6 Å². The minimum Gasteiger partial charge on any atom is -0.444 e. The van der Waals surface area contributed by atoms with Crippen molar-refractivity contribution in [3.05, 3.63) is 58.6 Å². The zero-order chi connectivity index (χ0) is 26.8. The Morgan fingerprint density at radius 1 is 1.14 bits per heavy atom. The van der Waals surface area contributed by atoms with E-state index in [1.807, 2.05) is 0 Å². The van der Waals surface area contributed by atoms with Gasteiger partial charge in [0.15, 0.2) is 17.4 Å². The van der Waals surface area contributed by atoms with E-state index >= 15 is 0 Å². The largest absolute Gasteiger partial charge is 0.484 e. The summed E-state index contributed by atoms with van der Waals surface area (Å²) >= 11 is 0. The van der Waals surface area contributed by atoms with Crippen molar-refractivity contribution in [1.82, 2.24) is 15.5 Å². The number of rotatable bonds is 6. The second-order valence-electron chi connectivity index (χ2n) is 9.75. The molecule has 0 saturated carbocycles. The SMILES string of the molecule is CC(C)(C)OC(=O)N[C@@H](CC(=O)C1CC2=C(C=CN(C(F)(F)F)C2)CN1)Cc1cc(F)c(F)cc1F. The average molecular weight is 519 g/mol. The Balaban J connectivity index is 1.74. The maximum atomic E-state index is 14.3. The molecule has 1 aromatic carbocycles. The molecule has 0 spiro atoms. The fraction of sp³-hybridized carbons (Fsp3) is 0.500. The highest BCUT2D eigenvalue weighted by atomic mass is 19.4. The van der Waals surface area contributed by atoms with Gasteiger partial charge in [-0.15, -0.1) is 0 Å². The third kappa shape index (κ3) is 7.25. The first-order valence-corrected chi connectivity index (χ1v) is 11.2. The predicted molar refractivity (Wildman–Crippen MR) is 118 cm³/mol. The van der Waals surface area contributed by atoms with Crippen LogP contribution in [0.1, 0.15) is 39.2 Å². The molecule has 3 rings (SSSR count). The third-order valence-corrected chi connectivity index (χ3v) is 5.70. The van der Waals surface area contributed by atoms with E-state index in [0.29, 0.717) is 23.3 Å². The van der Waals surface area contributed by atoms with Crippen molar-refractivity contribution in [3.63, 3.8) is 0 Å². The molecule has 0 aromatic heterocycles. The van der Waals surface area contributed by atoms with Gasteiger partial charge >= 0.3 is 12.4 Å². The second-order valence-corrected chi connectivity index (χ2v) is 9.75. The van der Waals surface area contributed by atoms with Crippen molar-refractivity contribution in [3.8, 4) is 0 Å². The van der Waals surface area contributed by atoms with Crippen LogP contribution >= 0.6 is 0 Å². The van der Waals surface area contributed by atoms with Crippen molar-refractivity contribution >= 4 is 11.9 Å². The molecule has 2 atom stereocenters. The van der Waals surface area contributed by atoms with Crippen molar-refractivity contribution in [2.75, 3.05) is 13.1 Å². The molecular formula is C24H27F6N3O3. The lowest BCUT2D eigenvalue weighted by atomic mass is 9.89. The topological polar surface area (TPSA) is 70.7 Å². The molecule has 6 nitrogen and oxygen atoms in total. The number of alkyl halides is 3. The summed E-state index contributed by atoms with van der Waals surface area (Å²) in [4.78, 5) is 25.6. The first-order chi connectivity index (χ1) is 16.6. The number of halogens is 6. The number of nitrogens with zero attached hydrogens (tertiary/aromatic N) is 1. The molecule has 1 unspecified atom stereocenters. The number of ketones is 1. The predicted octanol–water partition coefficient (Wildman–Crippen LogP) is 4.51. The normalized spacial score (nSPS) is 19.1. The minimum atomic E-state index is -4.56. The molecule has 2 aliphatic rings. The molecule has 2 N–H and O–H groups in total. The van der Waals surface area contributed by atoms with E-state index in [0.717, 1.165) is 6.20 Å². The summed E-state index contributed by atoms with van der Waals surface area (Å²) in [6.07, 6.45) is -3.85. The Morgan fingerprint density at radius 3 is 2.44 bits per heavy atom. The van der Waals surface area contributed by atoms with Crippen molar-refractivity contribution in [2.24, 2.45) is 0 Å².